The van der Waals surface area contributed by atoms with Crippen molar-refractivity contribution >= 4 is 11.6 Å². The van der Waals surface area contributed by atoms with Crippen molar-refractivity contribution in [1.82, 2.24) is 0 Å². The van der Waals surface area contributed by atoms with Gasteiger partial charge in [-0.15, -0.1) is 0 Å². The Bertz CT molecular complexity index is 848. The lowest BCUT2D eigenvalue weighted by atomic mass is 10.0. The van der Waals surface area contributed by atoms with Crippen molar-refractivity contribution in [3.63, 3.8) is 0 Å². The monoisotopic (exact) mass is 469 g/mol. The van der Waals surface area contributed by atoms with Crippen molar-refractivity contribution in [2.24, 2.45) is 0 Å². The Balaban J connectivity index is 2.25. The highest BCUT2D eigenvalue weighted by molar-refractivity contribution is 5.92. The topological polar surface area (TPSA) is 56.8 Å². The molecule has 1 N–H and O–H groups in total. The van der Waals surface area contributed by atoms with Crippen LogP contribution >= 0.6 is 0 Å². The average molecular weight is 470 g/mol. The number of carbonyl (C=O) groups is 1. The molecule has 0 aromatic heterocycles. The van der Waals surface area contributed by atoms with Gasteiger partial charge in [0.1, 0.15) is 17.2 Å². The highest BCUT2D eigenvalue weighted by atomic mass is 16.5. The van der Waals surface area contributed by atoms with Crippen LogP contribution in [-0.4, -0.2) is 26.2 Å². The smallest absolute Gasteiger partial charge is 0.221 e. The van der Waals surface area contributed by atoms with Gasteiger partial charge in [0.05, 0.1) is 26.0 Å². The second-order valence-electron chi connectivity index (χ2n) is 8.78. The van der Waals surface area contributed by atoms with Gasteiger partial charge in [0.2, 0.25) is 5.91 Å². The summed E-state index contributed by atoms with van der Waals surface area (Å²) >= 11 is 0. The van der Waals surface area contributed by atoms with Crippen LogP contribution in [0.2, 0.25) is 0 Å². The molecule has 0 unspecified atom stereocenters. The van der Waals surface area contributed by atoms with Crippen LogP contribution in [0.15, 0.2) is 36.4 Å². The van der Waals surface area contributed by atoms with Crippen LogP contribution in [0.4, 0.5) is 5.69 Å². The van der Waals surface area contributed by atoms with E-state index in [1.165, 1.54) is 45.4 Å². The van der Waals surface area contributed by atoms with E-state index in [0.717, 1.165) is 48.3 Å². The molecule has 0 aliphatic heterocycles. The molecular weight excluding hydrogens is 426 g/mol. The lowest BCUT2D eigenvalue weighted by molar-refractivity contribution is -0.114. The van der Waals surface area contributed by atoms with Gasteiger partial charge in [-0.2, -0.15) is 0 Å². The van der Waals surface area contributed by atoms with Gasteiger partial charge < -0.3 is 19.5 Å². The molecule has 34 heavy (non-hydrogen) atoms. The number of hydrogen-bond donors (Lipinski definition) is 1. The molecule has 0 saturated carbocycles. The van der Waals surface area contributed by atoms with E-state index in [1.807, 2.05) is 36.4 Å². The number of ether oxygens (including phenoxy) is 3. The van der Waals surface area contributed by atoms with Crippen LogP contribution in [0.1, 0.15) is 85.0 Å². The van der Waals surface area contributed by atoms with Crippen molar-refractivity contribution in [1.29, 1.82) is 0 Å². The fraction of sp³-hybridized carbons (Fsp3) is 0.552. The maximum atomic E-state index is 11.9. The molecule has 188 valence electrons. The zero-order valence-electron chi connectivity index (χ0n) is 21.6. The number of rotatable bonds is 17. The van der Waals surface area contributed by atoms with Crippen LogP contribution in [0.5, 0.6) is 17.2 Å². The van der Waals surface area contributed by atoms with Gasteiger partial charge in [0.25, 0.3) is 0 Å². The van der Waals surface area contributed by atoms with E-state index >= 15 is 0 Å². The number of amides is 1. The zero-order valence-corrected chi connectivity index (χ0v) is 21.6. The minimum atomic E-state index is -0.129. The van der Waals surface area contributed by atoms with E-state index in [2.05, 4.69) is 19.2 Å². The molecule has 0 aliphatic rings. The summed E-state index contributed by atoms with van der Waals surface area (Å²) < 4.78 is 17.7. The Morgan fingerprint density at radius 2 is 1.32 bits per heavy atom. The predicted molar refractivity (Wildman–Crippen MR) is 141 cm³/mol. The minimum absolute atomic E-state index is 0.129. The van der Waals surface area contributed by atoms with E-state index in [9.17, 15) is 4.79 Å². The molecule has 1 amide bonds. The summed E-state index contributed by atoms with van der Waals surface area (Å²) in [6.45, 7) is 7.21. The van der Waals surface area contributed by atoms with E-state index < -0.39 is 0 Å². The quantitative estimate of drug-likeness (QED) is 0.238. The number of unbranched alkanes of at least 4 members (excludes halogenated alkanes) is 8. The first-order valence-corrected chi connectivity index (χ1v) is 12.9. The fourth-order valence-electron chi connectivity index (χ4n) is 3.86. The number of nitrogens with one attached hydrogen (secondary N) is 1. The van der Waals surface area contributed by atoms with Crippen molar-refractivity contribution in [2.45, 2.75) is 85.0 Å². The SMILES string of the molecule is CCCCCCCOc1cc(-c2ccc(OC)cc2)c(OCCCCCCC)cc1NC(C)=O. The van der Waals surface area contributed by atoms with Crippen molar-refractivity contribution in [2.75, 3.05) is 25.6 Å². The van der Waals surface area contributed by atoms with Crippen LogP contribution < -0.4 is 19.5 Å². The van der Waals surface area contributed by atoms with E-state index in [-0.39, 0.29) is 5.91 Å². The van der Waals surface area contributed by atoms with E-state index in [1.54, 1.807) is 7.11 Å². The standard InChI is InChI=1S/C29H43NO4/c1-5-7-9-11-13-19-33-28-22-27(30-23(3)31)29(34-20-14-12-10-8-6-2)21-26(28)24-15-17-25(32-4)18-16-24/h15-18,21-22H,5-14,19-20H2,1-4H3,(H,30,31). The number of methoxy groups -OCH3 is 1. The van der Waals surface area contributed by atoms with Crippen LogP contribution in [0, 0.1) is 0 Å². The summed E-state index contributed by atoms with van der Waals surface area (Å²) in [5, 5.41) is 2.93. The lowest BCUT2D eigenvalue weighted by Crippen LogP contribution is -2.10. The van der Waals surface area contributed by atoms with Crippen molar-refractivity contribution < 1.29 is 19.0 Å². The summed E-state index contributed by atoms with van der Waals surface area (Å²) in [5.74, 6) is 2.10. The number of benzene rings is 2. The molecule has 5 heteroatoms. The first-order chi connectivity index (χ1) is 16.6. The van der Waals surface area contributed by atoms with Crippen LogP contribution in [0.25, 0.3) is 11.1 Å². The third-order valence-corrected chi connectivity index (χ3v) is 5.80. The maximum Gasteiger partial charge on any atom is 0.221 e. The van der Waals surface area contributed by atoms with Gasteiger partial charge in [-0.1, -0.05) is 77.3 Å². The highest BCUT2D eigenvalue weighted by Gasteiger charge is 2.15. The molecule has 5 nitrogen and oxygen atoms in total. The van der Waals surface area contributed by atoms with Gasteiger partial charge in [0, 0.05) is 18.6 Å². The fourth-order valence-corrected chi connectivity index (χ4v) is 3.86. The lowest BCUT2D eigenvalue weighted by Gasteiger charge is -2.18. The molecular formula is C29H43NO4. The molecule has 2 aromatic carbocycles. The number of anilines is 1. The van der Waals surface area contributed by atoms with Crippen molar-refractivity contribution in [3.8, 4) is 28.4 Å². The average Bonchev–Trinajstić information content (AvgIpc) is 2.84. The molecule has 0 radical (unpaired) electrons. The van der Waals surface area contributed by atoms with Gasteiger partial charge >= 0.3 is 0 Å². The Morgan fingerprint density at radius 1 is 0.765 bits per heavy atom. The van der Waals surface area contributed by atoms with Gasteiger partial charge in [-0.3, -0.25) is 4.79 Å². The van der Waals surface area contributed by atoms with Gasteiger partial charge in [0.15, 0.2) is 0 Å². The zero-order chi connectivity index (χ0) is 24.6. The summed E-state index contributed by atoms with van der Waals surface area (Å²) in [6.07, 6.45) is 11.7. The molecule has 0 aliphatic carbocycles. The minimum Gasteiger partial charge on any atom is -0.497 e. The molecule has 0 bridgehead atoms. The Morgan fingerprint density at radius 3 is 1.85 bits per heavy atom. The summed E-state index contributed by atoms with van der Waals surface area (Å²) in [6, 6.07) is 11.8. The second-order valence-corrected chi connectivity index (χ2v) is 8.78. The van der Waals surface area contributed by atoms with E-state index in [0.29, 0.717) is 24.7 Å². The van der Waals surface area contributed by atoms with Crippen molar-refractivity contribution in [3.05, 3.63) is 36.4 Å². The Labute approximate surface area is 206 Å². The third-order valence-electron chi connectivity index (χ3n) is 5.80. The van der Waals surface area contributed by atoms with E-state index in [4.69, 9.17) is 14.2 Å². The Kier molecular flexibility index (Phi) is 13.0. The maximum absolute atomic E-state index is 11.9. The molecule has 2 aromatic rings. The van der Waals surface area contributed by atoms with Gasteiger partial charge in [-0.05, 0) is 36.6 Å². The second kappa shape index (κ2) is 16.0. The summed E-state index contributed by atoms with van der Waals surface area (Å²) in [7, 11) is 1.66. The van der Waals surface area contributed by atoms with Crippen LogP contribution in [-0.2, 0) is 4.79 Å². The first kappa shape index (κ1) is 27.6. The molecule has 0 spiro atoms. The number of hydrogen-bond acceptors (Lipinski definition) is 4. The Hall–Kier alpha value is -2.69. The molecule has 0 heterocycles. The molecule has 0 atom stereocenters. The molecule has 2 rings (SSSR count). The number of carbonyl (C=O) groups excluding carboxylic acids is 1. The summed E-state index contributed by atoms with van der Waals surface area (Å²) in [5.41, 5.74) is 2.62. The predicted octanol–water partition coefficient (Wildman–Crippen LogP) is 8.02. The van der Waals surface area contributed by atoms with Gasteiger partial charge in [-0.25, -0.2) is 0 Å². The molecule has 0 saturated heterocycles. The largest absolute Gasteiger partial charge is 0.497 e. The molecule has 0 fully saturated rings. The highest BCUT2D eigenvalue weighted by Crippen LogP contribution is 2.40. The first-order valence-electron chi connectivity index (χ1n) is 12.9. The third kappa shape index (κ3) is 9.66. The van der Waals surface area contributed by atoms with Crippen LogP contribution in [0.3, 0.4) is 0 Å². The normalized spacial score (nSPS) is 10.7. The summed E-state index contributed by atoms with van der Waals surface area (Å²) in [4.78, 5) is 11.9.